The monoisotopic (exact) mass is 1350 g/mol. The standard InChI is InChI=1S/C56H98N22O17/c1-27(2)20-37(51(92)74-35(14-11-19-65-56(61)62)48(89)73-33(12-8-9-17-57)49(90)77-39(24-79)44(58)85)75-52(93)38(21-32-22-63-26-67-32)76-54(95)43(28(3)4)78-50(91)36(15-16-42(83)84)72-46(87)29(5)68-47(88)34(13-10-18-64-55(59)60)71-45(86)30(6)69-53(94)40(25-80)70-41(82)23-66-31(7)81/h22,26-30,33-40,43,79-80H,8-21,23-25,57H2,1-7H3,(H2,58,85)(H,63,67)(H,66,81)(H,68,88)(H,69,94)(H,70,82)(H,71,86)(H,72,87)(H,73,89)(H,74,92)(H,75,93)(H,76,95)(H,77,90)(H,78,91)(H,83,84)(H4,59,60,64)(H4,61,62,65)/t29-,30-,33-,34-,35-,36-,37-,38-,39-,40-,43-/m0/s1. The number of aliphatic hydroxyl groups excluding tert-OH is 2. The maximum atomic E-state index is 14.5. The van der Waals surface area contributed by atoms with Crippen molar-refractivity contribution in [3.05, 3.63) is 18.2 Å². The number of carbonyl (C=O) groups excluding carboxylic acids is 13. The molecule has 0 aliphatic carbocycles. The first-order chi connectivity index (χ1) is 44.6. The molecule has 0 spiro atoms. The number of imidazole rings is 1. The summed E-state index contributed by atoms with van der Waals surface area (Å²) < 4.78 is 0. The minimum absolute atomic E-state index is 0.00337. The quantitative estimate of drug-likeness (QED) is 0.0164. The molecule has 0 radical (unpaired) electrons. The van der Waals surface area contributed by atoms with E-state index in [1.807, 2.05) is 0 Å². The highest BCUT2D eigenvalue weighted by atomic mass is 16.4. The third kappa shape index (κ3) is 33.6. The summed E-state index contributed by atoms with van der Waals surface area (Å²) in [4.78, 5) is 201. The number of hydrogen-bond donors (Lipinski definition) is 22. The molecule has 0 bridgehead atoms. The summed E-state index contributed by atoms with van der Waals surface area (Å²) in [5.41, 5.74) is 33.2. The number of aliphatic hydroxyl groups is 2. The van der Waals surface area contributed by atoms with Gasteiger partial charge in [0.1, 0.15) is 66.5 Å². The Balaban J connectivity index is 3.55. The van der Waals surface area contributed by atoms with Crippen molar-refractivity contribution < 1.29 is 82.4 Å². The molecular weight excluding hydrogens is 1250 g/mol. The van der Waals surface area contributed by atoms with Crippen molar-refractivity contribution in [2.24, 2.45) is 56.2 Å². The van der Waals surface area contributed by atoms with Crippen LogP contribution in [-0.2, 0) is 73.5 Å². The summed E-state index contributed by atoms with van der Waals surface area (Å²) in [6.07, 6.45) is 1.75. The number of aliphatic carboxylic acids is 1. The maximum absolute atomic E-state index is 14.5. The van der Waals surface area contributed by atoms with Gasteiger partial charge in [0.25, 0.3) is 0 Å². The maximum Gasteiger partial charge on any atom is 0.303 e. The van der Waals surface area contributed by atoms with Crippen LogP contribution in [0.5, 0.6) is 0 Å². The van der Waals surface area contributed by atoms with E-state index in [-0.39, 0.29) is 82.4 Å². The number of carbonyl (C=O) groups is 14. The van der Waals surface area contributed by atoms with Gasteiger partial charge in [0.15, 0.2) is 11.9 Å². The molecule has 0 aliphatic heterocycles. The van der Waals surface area contributed by atoms with Crippen molar-refractivity contribution in [3.63, 3.8) is 0 Å². The van der Waals surface area contributed by atoms with Crippen LogP contribution in [0.2, 0.25) is 0 Å². The van der Waals surface area contributed by atoms with E-state index in [2.05, 4.69) is 83.8 Å². The third-order valence-corrected chi connectivity index (χ3v) is 13.9. The van der Waals surface area contributed by atoms with Gasteiger partial charge in [-0.2, -0.15) is 0 Å². The van der Waals surface area contributed by atoms with Crippen LogP contribution in [0.4, 0.5) is 0 Å². The molecule has 1 rings (SSSR count). The zero-order chi connectivity index (χ0) is 72.1. The predicted octanol–water partition coefficient (Wildman–Crippen LogP) is -9.27. The Bertz CT molecular complexity index is 2800. The number of unbranched alkanes of at least 4 members (excludes halogenated alkanes) is 1. The number of carboxylic acid groups (broad SMARTS) is 1. The molecule has 39 heteroatoms. The first kappa shape index (κ1) is 83.2. The van der Waals surface area contributed by atoms with E-state index < -0.39 is 188 Å². The summed E-state index contributed by atoms with van der Waals surface area (Å²) in [5.74, 6) is -15.0. The minimum atomic E-state index is -1.69. The number of guanidine groups is 2. The zero-order valence-electron chi connectivity index (χ0n) is 54.5. The number of aliphatic imine (C=N–C) groups is 2. The fourth-order valence-electron chi connectivity index (χ4n) is 8.71. The molecule has 11 atom stereocenters. The molecule has 0 aromatic carbocycles. The average molecular weight is 1350 g/mol. The van der Waals surface area contributed by atoms with Crippen molar-refractivity contribution in [1.82, 2.24) is 73.8 Å². The molecule has 0 fully saturated rings. The van der Waals surface area contributed by atoms with Gasteiger partial charge in [0, 0.05) is 44.7 Å². The van der Waals surface area contributed by atoms with Crippen LogP contribution in [0.25, 0.3) is 0 Å². The van der Waals surface area contributed by atoms with Crippen LogP contribution in [0.15, 0.2) is 22.5 Å². The number of nitrogens with zero attached hydrogens (tertiary/aromatic N) is 3. The van der Waals surface area contributed by atoms with Crippen LogP contribution in [0, 0.1) is 11.8 Å². The molecule has 13 amide bonds. The van der Waals surface area contributed by atoms with Crippen molar-refractivity contribution in [2.75, 3.05) is 39.4 Å². The van der Waals surface area contributed by atoms with E-state index in [0.29, 0.717) is 18.5 Å². The molecule has 0 aliphatic rings. The first-order valence-corrected chi connectivity index (χ1v) is 30.7. The van der Waals surface area contributed by atoms with Gasteiger partial charge in [-0.3, -0.25) is 77.1 Å². The molecular formula is C56H98N22O17. The number of nitrogens with two attached hydrogens (primary N) is 6. The second-order valence-corrected chi connectivity index (χ2v) is 22.9. The van der Waals surface area contributed by atoms with Crippen molar-refractivity contribution in [2.45, 2.75) is 186 Å². The topological polar surface area (TPSA) is 654 Å². The largest absolute Gasteiger partial charge is 0.481 e. The Hall–Kier alpha value is -9.79. The molecule has 0 saturated heterocycles. The van der Waals surface area contributed by atoms with E-state index in [9.17, 15) is 82.4 Å². The Morgan fingerprint density at radius 1 is 0.505 bits per heavy atom. The molecule has 1 aromatic heterocycles. The number of hydrogen-bond acceptors (Lipinski definition) is 20. The number of carboxylic acids is 1. The molecule has 95 heavy (non-hydrogen) atoms. The highest BCUT2D eigenvalue weighted by molar-refractivity contribution is 5.99. The molecule has 28 N–H and O–H groups in total. The summed E-state index contributed by atoms with van der Waals surface area (Å²) in [7, 11) is 0. The van der Waals surface area contributed by atoms with Crippen LogP contribution in [0.3, 0.4) is 0 Å². The van der Waals surface area contributed by atoms with Crippen molar-refractivity contribution >= 4 is 94.7 Å². The van der Waals surface area contributed by atoms with Gasteiger partial charge < -0.3 is 119 Å². The summed E-state index contributed by atoms with van der Waals surface area (Å²) >= 11 is 0. The summed E-state index contributed by atoms with van der Waals surface area (Å²) in [6, 6.07) is -16.3. The van der Waals surface area contributed by atoms with Crippen LogP contribution in [-0.4, -0.2) is 226 Å². The van der Waals surface area contributed by atoms with E-state index in [0.717, 1.165) is 6.92 Å². The van der Waals surface area contributed by atoms with Gasteiger partial charge in [-0.15, -0.1) is 0 Å². The van der Waals surface area contributed by atoms with Gasteiger partial charge in [-0.05, 0) is 90.0 Å². The second kappa shape index (κ2) is 43.9. The van der Waals surface area contributed by atoms with Crippen molar-refractivity contribution in [3.8, 4) is 0 Å². The Kier molecular flexibility index (Phi) is 38.5. The lowest BCUT2D eigenvalue weighted by Crippen LogP contribution is -2.61. The Morgan fingerprint density at radius 2 is 0.926 bits per heavy atom. The summed E-state index contributed by atoms with van der Waals surface area (Å²) in [6.45, 7) is 8.04. The van der Waals surface area contributed by atoms with Crippen LogP contribution in [0.1, 0.15) is 118 Å². The lowest BCUT2D eigenvalue weighted by atomic mass is 9.99. The number of aromatic amines is 1. The van der Waals surface area contributed by atoms with E-state index in [4.69, 9.17) is 34.4 Å². The second-order valence-electron chi connectivity index (χ2n) is 22.9. The highest BCUT2D eigenvalue weighted by Crippen LogP contribution is 2.13. The lowest BCUT2D eigenvalue weighted by molar-refractivity contribution is -0.139. The van der Waals surface area contributed by atoms with Gasteiger partial charge in [-0.1, -0.05) is 27.7 Å². The van der Waals surface area contributed by atoms with Crippen LogP contribution >= 0.6 is 0 Å². The van der Waals surface area contributed by atoms with Crippen molar-refractivity contribution in [1.29, 1.82) is 0 Å². The number of rotatable bonds is 46. The SMILES string of the molecule is CC(=O)NCC(=O)N[C@@H](CO)C(=O)N[C@@H](C)C(=O)N[C@@H](CCCN=C(N)N)C(=O)N[C@@H](C)C(=O)N[C@@H](CCC(=O)O)C(=O)N[C@H](C(=O)N[C@@H](Cc1cnc[nH]1)C(=O)N[C@@H](CC(C)C)C(=O)N[C@@H](CCCN=C(N)N)C(=O)N[C@@H](CCCCN)C(=O)N[C@@H](CO)C(N)=O)C(C)C. The number of primary amides is 1. The average Bonchev–Trinajstić information content (AvgIpc) is 1.47. The third-order valence-electron chi connectivity index (χ3n) is 13.9. The van der Waals surface area contributed by atoms with Gasteiger partial charge in [-0.25, -0.2) is 4.98 Å². The number of H-pyrrole nitrogens is 1. The van der Waals surface area contributed by atoms with Gasteiger partial charge in [0.2, 0.25) is 76.8 Å². The zero-order valence-corrected chi connectivity index (χ0v) is 54.5. The fourth-order valence-corrected chi connectivity index (χ4v) is 8.71. The smallest absolute Gasteiger partial charge is 0.303 e. The molecule has 1 aromatic rings. The predicted molar refractivity (Wildman–Crippen MR) is 341 cm³/mol. The first-order valence-electron chi connectivity index (χ1n) is 30.7. The van der Waals surface area contributed by atoms with E-state index in [1.165, 1.54) is 40.2 Å². The Morgan fingerprint density at radius 3 is 1.36 bits per heavy atom. The van der Waals surface area contributed by atoms with E-state index >= 15 is 0 Å². The fraction of sp³-hybridized carbons (Fsp3) is 0.661. The number of amides is 13. The highest BCUT2D eigenvalue weighted by Gasteiger charge is 2.37. The Labute approximate surface area is 548 Å². The van der Waals surface area contributed by atoms with Gasteiger partial charge >= 0.3 is 5.97 Å². The number of aromatic nitrogens is 2. The van der Waals surface area contributed by atoms with E-state index in [1.54, 1.807) is 13.8 Å². The molecule has 1 heterocycles. The van der Waals surface area contributed by atoms with Crippen LogP contribution < -0.4 is 98.2 Å². The van der Waals surface area contributed by atoms with Gasteiger partial charge in [0.05, 0.1) is 26.1 Å². The minimum Gasteiger partial charge on any atom is -0.481 e. The lowest BCUT2D eigenvalue weighted by Gasteiger charge is -2.29. The molecule has 39 nitrogen and oxygen atoms in total. The molecule has 534 valence electrons. The number of nitrogens with one attached hydrogen (secondary N) is 13. The summed E-state index contributed by atoms with van der Waals surface area (Å²) in [5, 5.41) is 58.3. The normalized spacial score (nSPS) is 14.4. The molecule has 0 saturated carbocycles. The molecule has 0 unspecified atom stereocenters.